The van der Waals surface area contributed by atoms with Crippen molar-refractivity contribution in [1.82, 2.24) is 0 Å². The fourth-order valence-electron chi connectivity index (χ4n) is 1.77. The molecule has 2 N–H and O–H groups in total. The topological polar surface area (TPSA) is 35.2 Å². The van der Waals surface area contributed by atoms with Gasteiger partial charge in [-0.25, -0.2) is 0 Å². The zero-order valence-corrected chi connectivity index (χ0v) is 6.25. The SMILES string of the molecule is N[C@H]1C[C@@H]1C1CCCCO1. The van der Waals surface area contributed by atoms with E-state index in [2.05, 4.69) is 0 Å². The van der Waals surface area contributed by atoms with Crippen LogP contribution in [0.5, 0.6) is 0 Å². The molecule has 2 fully saturated rings. The van der Waals surface area contributed by atoms with Crippen molar-refractivity contribution in [3.05, 3.63) is 0 Å². The molecule has 1 heterocycles. The average Bonchev–Trinajstić information content (AvgIpc) is 2.69. The Kier molecular flexibility index (Phi) is 1.66. The van der Waals surface area contributed by atoms with E-state index >= 15 is 0 Å². The maximum Gasteiger partial charge on any atom is 0.0618 e. The van der Waals surface area contributed by atoms with Crippen molar-refractivity contribution < 1.29 is 4.74 Å². The summed E-state index contributed by atoms with van der Waals surface area (Å²) in [7, 11) is 0. The highest BCUT2D eigenvalue weighted by molar-refractivity contribution is 4.96. The summed E-state index contributed by atoms with van der Waals surface area (Å²) in [5.41, 5.74) is 5.72. The smallest absolute Gasteiger partial charge is 0.0618 e. The van der Waals surface area contributed by atoms with Crippen LogP contribution in [0.25, 0.3) is 0 Å². The quantitative estimate of drug-likeness (QED) is 0.589. The Balaban J connectivity index is 1.81. The molecule has 0 amide bonds. The molecule has 0 spiro atoms. The highest BCUT2D eigenvalue weighted by atomic mass is 16.5. The average molecular weight is 141 g/mol. The molecule has 0 radical (unpaired) electrons. The summed E-state index contributed by atoms with van der Waals surface area (Å²) in [6.45, 7) is 0.966. The molecule has 3 atom stereocenters. The van der Waals surface area contributed by atoms with Gasteiger partial charge in [0.15, 0.2) is 0 Å². The fourth-order valence-corrected chi connectivity index (χ4v) is 1.77. The van der Waals surface area contributed by atoms with E-state index in [-0.39, 0.29) is 0 Å². The normalized spacial score (nSPS) is 47.1. The van der Waals surface area contributed by atoms with Crippen molar-refractivity contribution in [2.75, 3.05) is 6.61 Å². The van der Waals surface area contributed by atoms with Crippen LogP contribution >= 0.6 is 0 Å². The first kappa shape index (κ1) is 6.62. The second-order valence-corrected chi connectivity index (χ2v) is 3.47. The maximum atomic E-state index is 5.72. The van der Waals surface area contributed by atoms with Crippen LogP contribution in [0, 0.1) is 5.92 Å². The number of ether oxygens (including phenoxy) is 1. The molecule has 1 saturated heterocycles. The van der Waals surface area contributed by atoms with Crippen molar-refractivity contribution >= 4 is 0 Å². The minimum absolute atomic E-state index is 0.461. The highest BCUT2D eigenvalue weighted by Gasteiger charge is 2.41. The van der Waals surface area contributed by atoms with E-state index in [1.54, 1.807) is 0 Å². The Morgan fingerprint density at radius 2 is 2.10 bits per heavy atom. The van der Waals surface area contributed by atoms with Gasteiger partial charge in [-0.05, 0) is 25.7 Å². The number of nitrogens with two attached hydrogens (primary N) is 1. The molecule has 1 aliphatic heterocycles. The number of hydrogen-bond donors (Lipinski definition) is 1. The molecule has 0 bridgehead atoms. The van der Waals surface area contributed by atoms with Gasteiger partial charge >= 0.3 is 0 Å². The third-order valence-electron chi connectivity index (χ3n) is 2.58. The third-order valence-corrected chi connectivity index (χ3v) is 2.58. The summed E-state index contributed by atoms with van der Waals surface area (Å²) in [4.78, 5) is 0. The predicted molar refractivity (Wildman–Crippen MR) is 39.7 cm³/mol. The van der Waals surface area contributed by atoms with Gasteiger partial charge in [0.05, 0.1) is 6.10 Å². The molecule has 1 unspecified atom stereocenters. The zero-order chi connectivity index (χ0) is 6.97. The molecule has 58 valence electrons. The highest BCUT2D eigenvalue weighted by Crippen LogP contribution is 2.36. The summed E-state index contributed by atoms with van der Waals surface area (Å²) in [5.74, 6) is 0.709. The standard InChI is InChI=1S/C8H15NO/c9-7-5-6(7)8-3-1-2-4-10-8/h6-8H,1-5,9H2/t6-,7-,8?/m0/s1. The van der Waals surface area contributed by atoms with Crippen LogP contribution in [0.1, 0.15) is 25.7 Å². The van der Waals surface area contributed by atoms with Gasteiger partial charge in [-0.15, -0.1) is 0 Å². The van der Waals surface area contributed by atoms with E-state index in [9.17, 15) is 0 Å². The van der Waals surface area contributed by atoms with Crippen LogP contribution in [-0.2, 0) is 4.74 Å². The second-order valence-electron chi connectivity index (χ2n) is 3.47. The van der Waals surface area contributed by atoms with Gasteiger partial charge in [0.2, 0.25) is 0 Å². The molecule has 2 rings (SSSR count). The molecule has 10 heavy (non-hydrogen) atoms. The van der Waals surface area contributed by atoms with Crippen molar-refractivity contribution in [2.24, 2.45) is 11.7 Å². The van der Waals surface area contributed by atoms with E-state index in [0.717, 1.165) is 6.61 Å². The summed E-state index contributed by atoms with van der Waals surface area (Å²) in [5, 5.41) is 0. The predicted octanol–water partition coefficient (Wildman–Crippen LogP) is 0.903. The van der Waals surface area contributed by atoms with Crippen LogP contribution in [0.3, 0.4) is 0 Å². The molecule has 2 heteroatoms. The van der Waals surface area contributed by atoms with Crippen LogP contribution in [0.2, 0.25) is 0 Å². The van der Waals surface area contributed by atoms with Crippen molar-refractivity contribution in [1.29, 1.82) is 0 Å². The summed E-state index contributed by atoms with van der Waals surface area (Å²) in [6.07, 6.45) is 5.55. The van der Waals surface area contributed by atoms with Gasteiger partial charge in [-0.3, -0.25) is 0 Å². The molecule has 1 saturated carbocycles. The zero-order valence-electron chi connectivity index (χ0n) is 6.25. The summed E-state index contributed by atoms with van der Waals surface area (Å²) in [6, 6.07) is 0.461. The minimum Gasteiger partial charge on any atom is -0.378 e. The van der Waals surface area contributed by atoms with Gasteiger partial charge in [-0.2, -0.15) is 0 Å². The van der Waals surface area contributed by atoms with E-state index in [1.165, 1.54) is 25.7 Å². The molecule has 2 aliphatic rings. The molecule has 1 aliphatic carbocycles. The minimum atomic E-state index is 0.461. The Bertz CT molecular complexity index is 120. The lowest BCUT2D eigenvalue weighted by atomic mass is 10.1. The number of hydrogen-bond acceptors (Lipinski definition) is 2. The van der Waals surface area contributed by atoms with Crippen LogP contribution in [-0.4, -0.2) is 18.8 Å². The Hall–Kier alpha value is -0.0800. The maximum absolute atomic E-state index is 5.72. The lowest BCUT2D eigenvalue weighted by Crippen LogP contribution is -2.24. The Morgan fingerprint density at radius 3 is 2.60 bits per heavy atom. The lowest BCUT2D eigenvalue weighted by Gasteiger charge is -2.22. The monoisotopic (exact) mass is 141 g/mol. The molecule has 0 aromatic heterocycles. The largest absolute Gasteiger partial charge is 0.378 e. The van der Waals surface area contributed by atoms with Crippen LogP contribution in [0.4, 0.5) is 0 Å². The van der Waals surface area contributed by atoms with Crippen LogP contribution < -0.4 is 5.73 Å². The summed E-state index contributed by atoms with van der Waals surface area (Å²) < 4.78 is 5.59. The second kappa shape index (κ2) is 2.51. The first-order chi connectivity index (χ1) is 4.88. The first-order valence-electron chi connectivity index (χ1n) is 4.25. The third kappa shape index (κ3) is 1.18. The van der Waals surface area contributed by atoms with Gasteiger partial charge in [0.1, 0.15) is 0 Å². The first-order valence-corrected chi connectivity index (χ1v) is 4.25. The molecule has 2 nitrogen and oxygen atoms in total. The van der Waals surface area contributed by atoms with Gasteiger partial charge in [0, 0.05) is 18.6 Å². The van der Waals surface area contributed by atoms with Crippen molar-refractivity contribution in [3.63, 3.8) is 0 Å². The molecule has 0 aromatic carbocycles. The lowest BCUT2D eigenvalue weighted by molar-refractivity contribution is 0.00156. The molecule has 0 aromatic rings. The molecular weight excluding hydrogens is 126 g/mol. The van der Waals surface area contributed by atoms with Gasteiger partial charge < -0.3 is 10.5 Å². The van der Waals surface area contributed by atoms with E-state index in [0.29, 0.717) is 18.1 Å². The fraction of sp³-hybridized carbons (Fsp3) is 1.00. The van der Waals surface area contributed by atoms with Crippen molar-refractivity contribution in [3.8, 4) is 0 Å². The van der Waals surface area contributed by atoms with Gasteiger partial charge in [0.25, 0.3) is 0 Å². The molecular formula is C8H15NO. The summed E-state index contributed by atoms with van der Waals surface area (Å²) >= 11 is 0. The van der Waals surface area contributed by atoms with Crippen LogP contribution in [0.15, 0.2) is 0 Å². The van der Waals surface area contributed by atoms with E-state index in [4.69, 9.17) is 10.5 Å². The number of rotatable bonds is 1. The Morgan fingerprint density at radius 1 is 1.30 bits per heavy atom. The van der Waals surface area contributed by atoms with E-state index < -0.39 is 0 Å². The van der Waals surface area contributed by atoms with Crippen molar-refractivity contribution in [2.45, 2.75) is 37.8 Å². The van der Waals surface area contributed by atoms with Gasteiger partial charge in [-0.1, -0.05) is 0 Å². The Labute approximate surface area is 61.7 Å². The van der Waals surface area contributed by atoms with E-state index in [1.807, 2.05) is 0 Å².